The Bertz CT molecular complexity index is 763. The standard InChI is InChI=1S/C16H14ClN3/c1-10(2)13-9-14(17)20-16(19-13)12-7-3-5-11-6-4-8-18-15(11)12/h3-10H,1-2H3. The normalized spacial score (nSPS) is 11.2. The van der Waals surface area contributed by atoms with Crippen LogP contribution in [-0.4, -0.2) is 15.0 Å². The van der Waals surface area contributed by atoms with Gasteiger partial charge in [-0.15, -0.1) is 0 Å². The zero-order valence-corrected chi connectivity index (χ0v) is 12.1. The Morgan fingerprint density at radius 2 is 1.85 bits per heavy atom. The number of rotatable bonds is 2. The number of aromatic nitrogens is 3. The molecule has 0 spiro atoms. The number of para-hydroxylation sites is 1. The molecule has 3 rings (SSSR count). The van der Waals surface area contributed by atoms with Crippen LogP contribution in [0.2, 0.25) is 5.15 Å². The van der Waals surface area contributed by atoms with Crippen molar-refractivity contribution in [2.75, 3.05) is 0 Å². The van der Waals surface area contributed by atoms with Crippen molar-refractivity contribution in [2.24, 2.45) is 0 Å². The molecule has 3 aromatic rings. The first kappa shape index (κ1) is 13.0. The molecule has 0 bridgehead atoms. The van der Waals surface area contributed by atoms with Gasteiger partial charge in [-0.05, 0) is 24.1 Å². The van der Waals surface area contributed by atoms with E-state index >= 15 is 0 Å². The fourth-order valence-corrected chi connectivity index (χ4v) is 2.33. The first-order chi connectivity index (χ1) is 9.65. The van der Waals surface area contributed by atoms with Crippen molar-refractivity contribution in [2.45, 2.75) is 19.8 Å². The van der Waals surface area contributed by atoms with Crippen molar-refractivity contribution < 1.29 is 0 Å². The van der Waals surface area contributed by atoms with E-state index in [1.807, 2.05) is 36.4 Å². The average Bonchev–Trinajstić information content (AvgIpc) is 2.46. The molecule has 0 aliphatic heterocycles. The Morgan fingerprint density at radius 1 is 1.05 bits per heavy atom. The molecule has 0 N–H and O–H groups in total. The Morgan fingerprint density at radius 3 is 2.65 bits per heavy atom. The van der Waals surface area contributed by atoms with Crippen LogP contribution in [0.5, 0.6) is 0 Å². The number of benzene rings is 1. The average molecular weight is 284 g/mol. The molecule has 0 aliphatic carbocycles. The van der Waals surface area contributed by atoms with E-state index < -0.39 is 0 Å². The fourth-order valence-electron chi connectivity index (χ4n) is 2.14. The Kier molecular flexibility index (Phi) is 3.36. The van der Waals surface area contributed by atoms with Crippen LogP contribution >= 0.6 is 11.6 Å². The number of hydrogen-bond acceptors (Lipinski definition) is 3. The first-order valence-electron chi connectivity index (χ1n) is 6.54. The largest absolute Gasteiger partial charge is 0.255 e. The summed E-state index contributed by atoms with van der Waals surface area (Å²) in [5.74, 6) is 0.933. The van der Waals surface area contributed by atoms with E-state index in [0.29, 0.717) is 16.9 Å². The fraction of sp³-hybridized carbons (Fsp3) is 0.188. The number of fused-ring (bicyclic) bond motifs is 1. The van der Waals surface area contributed by atoms with Gasteiger partial charge >= 0.3 is 0 Å². The molecule has 0 atom stereocenters. The van der Waals surface area contributed by atoms with Gasteiger partial charge in [0.25, 0.3) is 0 Å². The van der Waals surface area contributed by atoms with Gasteiger partial charge in [-0.3, -0.25) is 4.98 Å². The summed E-state index contributed by atoms with van der Waals surface area (Å²) in [6.45, 7) is 4.17. The molecule has 2 aromatic heterocycles. The second-order valence-corrected chi connectivity index (χ2v) is 5.36. The molecule has 0 saturated carbocycles. The van der Waals surface area contributed by atoms with Crippen molar-refractivity contribution in [1.82, 2.24) is 15.0 Å². The number of halogens is 1. The second kappa shape index (κ2) is 5.17. The molecular weight excluding hydrogens is 270 g/mol. The minimum absolute atomic E-state index is 0.303. The molecule has 0 radical (unpaired) electrons. The van der Waals surface area contributed by atoms with Gasteiger partial charge in [0, 0.05) is 22.8 Å². The van der Waals surface area contributed by atoms with Crippen LogP contribution in [0.15, 0.2) is 42.6 Å². The topological polar surface area (TPSA) is 38.7 Å². The maximum absolute atomic E-state index is 6.12. The lowest BCUT2D eigenvalue weighted by Gasteiger charge is -2.09. The zero-order chi connectivity index (χ0) is 14.1. The molecule has 4 heteroatoms. The van der Waals surface area contributed by atoms with E-state index in [1.165, 1.54) is 0 Å². The minimum Gasteiger partial charge on any atom is -0.255 e. The van der Waals surface area contributed by atoms with Gasteiger partial charge in [0.15, 0.2) is 5.82 Å². The van der Waals surface area contributed by atoms with E-state index in [1.54, 1.807) is 6.20 Å². The van der Waals surface area contributed by atoms with Crippen LogP contribution < -0.4 is 0 Å². The molecule has 0 saturated heterocycles. The second-order valence-electron chi connectivity index (χ2n) is 4.97. The molecule has 2 heterocycles. The smallest absolute Gasteiger partial charge is 0.163 e. The quantitative estimate of drug-likeness (QED) is 0.651. The van der Waals surface area contributed by atoms with Crippen LogP contribution in [0.3, 0.4) is 0 Å². The summed E-state index contributed by atoms with van der Waals surface area (Å²) in [6, 6.07) is 11.8. The predicted molar refractivity (Wildman–Crippen MR) is 81.9 cm³/mol. The highest BCUT2D eigenvalue weighted by molar-refractivity contribution is 6.29. The van der Waals surface area contributed by atoms with Gasteiger partial charge in [0.2, 0.25) is 0 Å². The summed E-state index contributed by atoms with van der Waals surface area (Å²) in [4.78, 5) is 13.4. The lowest BCUT2D eigenvalue weighted by molar-refractivity contribution is 0.817. The highest BCUT2D eigenvalue weighted by Crippen LogP contribution is 2.27. The molecule has 20 heavy (non-hydrogen) atoms. The van der Waals surface area contributed by atoms with Gasteiger partial charge in [0.1, 0.15) is 5.15 Å². The molecule has 0 unspecified atom stereocenters. The van der Waals surface area contributed by atoms with Crippen molar-refractivity contribution >= 4 is 22.5 Å². The summed E-state index contributed by atoms with van der Waals surface area (Å²) in [7, 11) is 0. The SMILES string of the molecule is CC(C)c1cc(Cl)nc(-c2cccc3cccnc23)n1. The van der Waals surface area contributed by atoms with Crippen LogP contribution in [0.1, 0.15) is 25.5 Å². The Labute approximate surface area is 122 Å². The summed E-state index contributed by atoms with van der Waals surface area (Å²) in [5, 5.41) is 1.53. The van der Waals surface area contributed by atoms with Crippen LogP contribution in [0, 0.1) is 0 Å². The third-order valence-electron chi connectivity index (χ3n) is 3.18. The number of hydrogen-bond donors (Lipinski definition) is 0. The summed E-state index contributed by atoms with van der Waals surface area (Å²) in [5.41, 5.74) is 2.74. The van der Waals surface area contributed by atoms with Gasteiger partial charge in [-0.1, -0.05) is 43.6 Å². The lowest BCUT2D eigenvalue weighted by atomic mass is 10.1. The molecular formula is C16H14ClN3. The third-order valence-corrected chi connectivity index (χ3v) is 3.37. The summed E-state index contributed by atoms with van der Waals surface area (Å²) >= 11 is 6.12. The molecule has 0 aliphatic rings. The summed E-state index contributed by atoms with van der Waals surface area (Å²) < 4.78 is 0. The van der Waals surface area contributed by atoms with E-state index in [-0.39, 0.29) is 0 Å². The monoisotopic (exact) mass is 283 g/mol. The van der Waals surface area contributed by atoms with Gasteiger partial charge in [-0.25, -0.2) is 9.97 Å². The molecule has 0 amide bonds. The molecule has 1 aromatic carbocycles. The van der Waals surface area contributed by atoms with E-state index in [0.717, 1.165) is 22.2 Å². The first-order valence-corrected chi connectivity index (χ1v) is 6.91. The van der Waals surface area contributed by atoms with Crippen LogP contribution in [0.4, 0.5) is 0 Å². The Balaban J connectivity index is 2.25. The maximum Gasteiger partial charge on any atom is 0.163 e. The van der Waals surface area contributed by atoms with Crippen LogP contribution in [0.25, 0.3) is 22.3 Å². The third kappa shape index (κ3) is 2.37. The lowest BCUT2D eigenvalue weighted by Crippen LogP contribution is -1.98. The zero-order valence-electron chi connectivity index (χ0n) is 11.3. The van der Waals surface area contributed by atoms with Gasteiger partial charge in [-0.2, -0.15) is 0 Å². The molecule has 100 valence electrons. The Hall–Kier alpha value is -2.00. The van der Waals surface area contributed by atoms with E-state index in [9.17, 15) is 0 Å². The van der Waals surface area contributed by atoms with Crippen molar-refractivity contribution in [1.29, 1.82) is 0 Å². The maximum atomic E-state index is 6.12. The van der Waals surface area contributed by atoms with Gasteiger partial charge in [0.05, 0.1) is 5.52 Å². The number of pyridine rings is 1. The summed E-state index contributed by atoms with van der Waals surface area (Å²) in [6.07, 6.45) is 1.78. The number of nitrogens with zero attached hydrogens (tertiary/aromatic N) is 3. The van der Waals surface area contributed by atoms with Gasteiger partial charge < -0.3 is 0 Å². The van der Waals surface area contributed by atoms with Crippen molar-refractivity contribution in [3.8, 4) is 11.4 Å². The van der Waals surface area contributed by atoms with E-state index in [2.05, 4.69) is 28.8 Å². The van der Waals surface area contributed by atoms with Crippen molar-refractivity contribution in [3.05, 3.63) is 53.4 Å². The van der Waals surface area contributed by atoms with Crippen LogP contribution in [-0.2, 0) is 0 Å². The highest BCUT2D eigenvalue weighted by atomic mass is 35.5. The van der Waals surface area contributed by atoms with E-state index in [4.69, 9.17) is 11.6 Å². The highest BCUT2D eigenvalue weighted by Gasteiger charge is 2.11. The molecule has 3 nitrogen and oxygen atoms in total. The van der Waals surface area contributed by atoms with Crippen molar-refractivity contribution in [3.63, 3.8) is 0 Å². The molecule has 0 fully saturated rings. The minimum atomic E-state index is 0.303. The predicted octanol–water partition coefficient (Wildman–Crippen LogP) is 4.47.